The molecule has 0 atom stereocenters. The number of carbonyl (C=O) groups excluding carboxylic acids is 1. The normalized spacial score (nSPS) is 10.2. The molecule has 8 heteroatoms. The highest BCUT2D eigenvalue weighted by Crippen LogP contribution is 2.25. The first kappa shape index (κ1) is 17.8. The Hall–Kier alpha value is -3.99. The minimum Gasteiger partial charge on any atom is -0.337 e. The van der Waals surface area contributed by atoms with Crippen LogP contribution >= 0.6 is 0 Å². The summed E-state index contributed by atoms with van der Waals surface area (Å²) in [6.07, 6.45) is 4.58. The molecule has 1 heterocycles. The smallest absolute Gasteiger partial charge is 0.294 e. The van der Waals surface area contributed by atoms with Crippen LogP contribution in [0.4, 0.5) is 5.69 Å². The molecule has 1 aromatic heterocycles. The SMILES string of the molecule is CN(Cc1ccc(C#N)cc1)C(=O)c1ccc(-n2ccnc2)c([N+](=O)[O-])c1. The van der Waals surface area contributed by atoms with Gasteiger partial charge in [0.2, 0.25) is 0 Å². The van der Waals surface area contributed by atoms with E-state index in [4.69, 9.17) is 5.26 Å². The second-order valence-electron chi connectivity index (χ2n) is 5.90. The topological polar surface area (TPSA) is 105 Å². The van der Waals surface area contributed by atoms with Crippen LogP contribution < -0.4 is 0 Å². The molecule has 3 rings (SSSR count). The van der Waals surface area contributed by atoms with Gasteiger partial charge in [0, 0.05) is 37.6 Å². The summed E-state index contributed by atoms with van der Waals surface area (Å²) >= 11 is 0. The second-order valence-corrected chi connectivity index (χ2v) is 5.90. The van der Waals surface area contributed by atoms with Crippen molar-refractivity contribution in [3.05, 3.63) is 88.0 Å². The van der Waals surface area contributed by atoms with Crippen LogP contribution in [0, 0.1) is 21.4 Å². The fraction of sp³-hybridized carbons (Fsp3) is 0.105. The maximum absolute atomic E-state index is 12.7. The molecule has 3 aromatic rings. The van der Waals surface area contributed by atoms with Crippen LogP contribution in [0.25, 0.3) is 5.69 Å². The lowest BCUT2D eigenvalue weighted by Crippen LogP contribution is -2.26. The monoisotopic (exact) mass is 361 g/mol. The van der Waals surface area contributed by atoms with Gasteiger partial charge >= 0.3 is 0 Å². The number of rotatable bonds is 5. The number of carbonyl (C=O) groups is 1. The molecule has 0 aliphatic carbocycles. The molecule has 0 bridgehead atoms. The van der Waals surface area contributed by atoms with Gasteiger partial charge in [-0.25, -0.2) is 4.98 Å². The Balaban J connectivity index is 1.84. The van der Waals surface area contributed by atoms with Crippen molar-refractivity contribution in [2.75, 3.05) is 7.05 Å². The van der Waals surface area contributed by atoms with Gasteiger partial charge in [-0.2, -0.15) is 5.26 Å². The highest BCUT2D eigenvalue weighted by atomic mass is 16.6. The van der Waals surface area contributed by atoms with E-state index in [1.807, 2.05) is 6.07 Å². The molecule has 0 radical (unpaired) electrons. The molecule has 0 N–H and O–H groups in total. The van der Waals surface area contributed by atoms with E-state index in [1.165, 1.54) is 34.1 Å². The van der Waals surface area contributed by atoms with Crippen LogP contribution in [-0.2, 0) is 6.54 Å². The van der Waals surface area contributed by atoms with Crippen molar-refractivity contribution in [1.29, 1.82) is 5.26 Å². The minimum absolute atomic E-state index is 0.175. The van der Waals surface area contributed by atoms with E-state index in [9.17, 15) is 14.9 Å². The average molecular weight is 361 g/mol. The van der Waals surface area contributed by atoms with Gasteiger partial charge in [0.15, 0.2) is 0 Å². The molecule has 134 valence electrons. The van der Waals surface area contributed by atoms with Gasteiger partial charge in [-0.05, 0) is 29.8 Å². The number of amides is 1. The molecule has 27 heavy (non-hydrogen) atoms. The fourth-order valence-corrected chi connectivity index (χ4v) is 2.67. The standard InChI is InChI=1S/C19H15N5O3/c1-22(12-15-4-2-14(11-20)3-5-15)19(25)16-6-7-17(18(10-16)24(26)27)23-9-8-21-13-23/h2-10,13H,12H2,1H3. The van der Waals surface area contributed by atoms with Crippen molar-refractivity contribution >= 4 is 11.6 Å². The Morgan fingerprint density at radius 2 is 2.04 bits per heavy atom. The largest absolute Gasteiger partial charge is 0.337 e. The number of imidazole rings is 1. The van der Waals surface area contributed by atoms with E-state index in [1.54, 1.807) is 43.6 Å². The van der Waals surface area contributed by atoms with E-state index in [2.05, 4.69) is 4.98 Å². The Morgan fingerprint density at radius 3 is 2.63 bits per heavy atom. The van der Waals surface area contributed by atoms with Gasteiger partial charge in [0.25, 0.3) is 11.6 Å². The zero-order valence-electron chi connectivity index (χ0n) is 14.4. The van der Waals surface area contributed by atoms with Crippen molar-refractivity contribution in [3.63, 3.8) is 0 Å². The van der Waals surface area contributed by atoms with Crippen molar-refractivity contribution < 1.29 is 9.72 Å². The fourth-order valence-electron chi connectivity index (χ4n) is 2.67. The lowest BCUT2D eigenvalue weighted by Gasteiger charge is -2.17. The maximum Gasteiger partial charge on any atom is 0.294 e. The van der Waals surface area contributed by atoms with Gasteiger partial charge in [-0.15, -0.1) is 0 Å². The first-order valence-electron chi connectivity index (χ1n) is 8.01. The Bertz CT molecular complexity index is 1020. The summed E-state index contributed by atoms with van der Waals surface area (Å²) in [5.41, 5.74) is 1.78. The zero-order chi connectivity index (χ0) is 19.4. The van der Waals surface area contributed by atoms with Gasteiger partial charge in [0.1, 0.15) is 5.69 Å². The number of nitro groups is 1. The summed E-state index contributed by atoms with van der Waals surface area (Å²) in [4.78, 5) is 28.9. The molecule has 0 saturated heterocycles. The molecule has 0 saturated carbocycles. The third-order valence-electron chi connectivity index (χ3n) is 4.05. The number of hydrogen-bond acceptors (Lipinski definition) is 5. The summed E-state index contributed by atoms with van der Waals surface area (Å²) in [6.45, 7) is 0.321. The number of aromatic nitrogens is 2. The number of benzene rings is 2. The average Bonchev–Trinajstić information content (AvgIpc) is 3.22. The van der Waals surface area contributed by atoms with Gasteiger partial charge in [0.05, 0.1) is 22.9 Å². The second kappa shape index (κ2) is 7.49. The van der Waals surface area contributed by atoms with Crippen molar-refractivity contribution in [3.8, 4) is 11.8 Å². The Labute approximate surface area is 155 Å². The quantitative estimate of drug-likeness (QED) is 0.513. The summed E-state index contributed by atoms with van der Waals surface area (Å²) in [5, 5.41) is 20.3. The molecule has 1 amide bonds. The van der Waals surface area contributed by atoms with E-state index < -0.39 is 4.92 Å². The van der Waals surface area contributed by atoms with Crippen molar-refractivity contribution in [2.24, 2.45) is 0 Å². The van der Waals surface area contributed by atoms with E-state index in [0.717, 1.165) is 5.56 Å². The van der Waals surface area contributed by atoms with Crippen molar-refractivity contribution in [1.82, 2.24) is 14.5 Å². The third kappa shape index (κ3) is 3.82. The van der Waals surface area contributed by atoms with Gasteiger partial charge in [-0.1, -0.05) is 12.1 Å². The Kier molecular flexibility index (Phi) is 4.95. The van der Waals surface area contributed by atoms with E-state index in [0.29, 0.717) is 17.8 Å². The van der Waals surface area contributed by atoms with Crippen LogP contribution in [0.2, 0.25) is 0 Å². The number of nitro benzene ring substituents is 1. The molecule has 0 fully saturated rings. The maximum atomic E-state index is 12.7. The summed E-state index contributed by atoms with van der Waals surface area (Å²) in [7, 11) is 1.62. The predicted molar refractivity (Wildman–Crippen MR) is 97.2 cm³/mol. The highest BCUT2D eigenvalue weighted by Gasteiger charge is 2.20. The molecular weight excluding hydrogens is 346 g/mol. The molecule has 8 nitrogen and oxygen atoms in total. The molecule has 0 unspecified atom stereocenters. The first-order chi connectivity index (χ1) is 13.0. The molecule has 2 aromatic carbocycles. The van der Waals surface area contributed by atoms with Crippen molar-refractivity contribution in [2.45, 2.75) is 6.54 Å². The van der Waals surface area contributed by atoms with Crippen LogP contribution in [-0.4, -0.2) is 32.3 Å². The molecule has 0 spiro atoms. The van der Waals surface area contributed by atoms with Crippen LogP contribution in [0.1, 0.15) is 21.5 Å². The predicted octanol–water partition coefficient (Wildman–Crippen LogP) is 2.92. The summed E-state index contributed by atoms with van der Waals surface area (Å²) in [5.74, 6) is -0.334. The van der Waals surface area contributed by atoms with E-state index in [-0.39, 0.29) is 17.2 Å². The lowest BCUT2D eigenvalue weighted by atomic mass is 10.1. The number of nitrogens with zero attached hydrogens (tertiary/aromatic N) is 5. The molecular formula is C19H15N5O3. The number of hydrogen-bond donors (Lipinski definition) is 0. The van der Waals surface area contributed by atoms with Crippen LogP contribution in [0.15, 0.2) is 61.2 Å². The molecule has 0 aliphatic rings. The van der Waals surface area contributed by atoms with Gasteiger partial charge in [-0.3, -0.25) is 14.9 Å². The summed E-state index contributed by atoms with van der Waals surface area (Å²) in [6, 6.07) is 13.3. The van der Waals surface area contributed by atoms with E-state index >= 15 is 0 Å². The van der Waals surface area contributed by atoms with Crippen LogP contribution in [0.5, 0.6) is 0 Å². The third-order valence-corrected chi connectivity index (χ3v) is 4.05. The van der Waals surface area contributed by atoms with Gasteiger partial charge < -0.3 is 9.47 Å². The highest BCUT2D eigenvalue weighted by molar-refractivity contribution is 5.95. The first-order valence-corrected chi connectivity index (χ1v) is 8.01. The summed E-state index contributed by atoms with van der Waals surface area (Å²) < 4.78 is 1.52. The minimum atomic E-state index is -0.521. The zero-order valence-corrected chi connectivity index (χ0v) is 14.4. The number of nitriles is 1. The van der Waals surface area contributed by atoms with Crippen LogP contribution in [0.3, 0.4) is 0 Å². The Morgan fingerprint density at radius 1 is 1.30 bits per heavy atom. The molecule has 0 aliphatic heterocycles. The lowest BCUT2D eigenvalue weighted by molar-refractivity contribution is -0.384.